The van der Waals surface area contributed by atoms with Crippen LogP contribution in [0.4, 0.5) is 5.69 Å². The van der Waals surface area contributed by atoms with Gasteiger partial charge in [0.15, 0.2) is 0 Å². The molecule has 2 atom stereocenters. The summed E-state index contributed by atoms with van der Waals surface area (Å²) in [4.78, 5) is 0. The summed E-state index contributed by atoms with van der Waals surface area (Å²) in [6.45, 7) is 12.1. The standard InChI is InChI=1S/C17H27NO/c1-11(2)14-6-7-17(15(10-14)12(3)4)18-16-8-9-19-13(16)5/h6-7,10-13,16,18H,8-9H2,1-5H3. The molecule has 0 radical (unpaired) electrons. The first-order valence-electron chi connectivity index (χ1n) is 7.51. The molecule has 0 bridgehead atoms. The van der Waals surface area contributed by atoms with E-state index in [0.29, 0.717) is 24.0 Å². The number of hydrogen-bond acceptors (Lipinski definition) is 2. The first-order chi connectivity index (χ1) is 8.99. The topological polar surface area (TPSA) is 21.3 Å². The van der Waals surface area contributed by atoms with Crippen LogP contribution in [-0.4, -0.2) is 18.8 Å². The Morgan fingerprint density at radius 2 is 1.89 bits per heavy atom. The second-order valence-corrected chi connectivity index (χ2v) is 6.27. The van der Waals surface area contributed by atoms with Crippen molar-refractivity contribution in [2.75, 3.05) is 11.9 Å². The Morgan fingerprint density at radius 3 is 2.42 bits per heavy atom. The Labute approximate surface area is 117 Å². The summed E-state index contributed by atoms with van der Waals surface area (Å²) in [5.41, 5.74) is 4.12. The van der Waals surface area contributed by atoms with Crippen molar-refractivity contribution in [2.24, 2.45) is 0 Å². The van der Waals surface area contributed by atoms with Gasteiger partial charge in [0.2, 0.25) is 0 Å². The van der Waals surface area contributed by atoms with E-state index in [9.17, 15) is 0 Å². The van der Waals surface area contributed by atoms with E-state index in [0.717, 1.165) is 13.0 Å². The smallest absolute Gasteiger partial charge is 0.0748 e. The SMILES string of the molecule is CC(C)c1ccc(NC2CCOC2C)c(C(C)C)c1. The number of ether oxygens (including phenoxy) is 1. The summed E-state index contributed by atoms with van der Waals surface area (Å²) in [6, 6.07) is 7.30. The Morgan fingerprint density at radius 1 is 1.16 bits per heavy atom. The molecule has 2 heteroatoms. The van der Waals surface area contributed by atoms with Gasteiger partial charge in [0.05, 0.1) is 12.1 Å². The zero-order valence-corrected chi connectivity index (χ0v) is 12.9. The van der Waals surface area contributed by atoms with E-state index in [1.165, 1.54) is 16.8 Å². The lowest BCUT2D eigenvalue weighted by Crippen LogP contribution is -2.27. The number of rotatable bonds is 4. The van der Waals surface area contributed by atoms with Gasteiger partial charge in [-0.25, -0.2) is 0 Å². The zero-order valence-electron chi connectivity index (χ0n) is 12.9. The molecular weight excluding hydrogens is 234 g/mol. The van der Waals surface area contributed by atoms with Gasteiger partial charge in [-0.3, -0.25) is 0 Å². The monoisotopic (exact) mass is 261 g/mol. The lowest BCUT2D eigenvalue weighted by atomic mass is 9.93. The molecule has 106 valence electrons. The maximum Gasteiger partial charge on any atom is 0.0748 e. The summed E-state index contributed by atoms with van der Waals surface area (Å²) >= 11 is 0. The van der Waals surface area contributed by atoms with Gasteiger partial charge >= 0.3 is 0 Å². The predicted molar refractivity (Wildman–Crippen MR) is 82.1 cm³/mol. The molecule has 1 N–H and O–H groups in total. The second kappa shape index (κ2) is 5.96. The van der Waals surface area contributed by atoms with Crippen molar-refractivity contribution in [1.29, 1.82) is 0 Å². The Bertz CT molecular complexity index is 425. The average Bonchev–Trinajstić information content (AvgIpc) is 2.75. The van der Waals surface area contributed by atoms with Gasteiger partial charge in [-0.05, 0) is 42.4 Å². The second-order valence-electron chi connectivity index (χ2n) is 6.27. The van der Waals surface area contributed by atoms with E-state index in [4.69, 9.17) is 4.74 Å². The summed E-state index contributed by atoms with van der Waals surface area (Å²) < 4.78 is 5.64. The minimum absolute atomic E-state index is 0.310. The minimum Gasteiger partial charge on any atom is -0.379 e. The molecule has 0 saturated carbocycles. The molecule has 1 heterocycles. The normalized spacial score (nSPS) is 23.3. The Hall–Kier alpha value is -1.02. The van der Waals surface area contributed by atoms with Gasteiger partial charge in [-0.2, -0.15) is 0 Å². The van der Waals surface area contributed by atoms with Gasteiger partial charge in [0.25, 0.3) is 0 Å². The van der Waals surface area contributed by atoms with Crippen LogP contribution in [0.3, 0.4) is 0 Å². The molecule has 0 aromatic heterocycles. The predicted octanol–water partition coefficient (Wildman–Crippen LogP) is 4.52. The Kier molecular flexibility index (Phi) is 4.51. The van der Waals surface area contributed by atoms with Crippen molar-refractivity contribution in [1.82, 2.24) is 0 Å². The van der Waals surface area contributed by atoms with Gasteiger partial charge in [-0.1, -0.05) is 39.8 Å². The van der Waals surface area contributed by atoms with Gasteiger partial charge in [0.1, 0.15) is 0 Å². The minimum atomic E-state index is 0.310. The van der Waals surface area contributed by atoms with E-state index in [2.05, 4.69) is 58.1 Å². The molecule has 0 amide bonds. The first kappa shape index (κ1) is 14.4. The van der Waals surface area contributed by atoms with E-state index in [1.807, 2.05) is 0 Å². The van der Waals surface area contributed by atoms with Gasteiger partial charge < -0.3 is 10.1 Å². The molecule has 0 aliphatic carbocycles. The first-order valence-corrected chi connectivity index (χ1v) is 7.51. The third-order valence-electron chi connectivity index (χ3n) is 4.08. The number of nitrogens with one attached hydrogen (secondary N) is 1. The zero-order chi connectivity index (χ0) is 14.0. The molecule has 0 spiro atoms. The molecule has 1 fully saturated rings. The van der Waals surface area contributed by atoms with Crippen molar-refractivity contribution < 1.29 is 4.74 Å². The highest BCUT2D eigenvalue weighted by Gasteiger charge is 2.24. The summed E-state index contributed by atoms with van der Waals surface area (Å²) in [7, 11) is 0. The van der Waals surface area contributed by atoms with Crippen LogP contribution < -0.4 is 5.32 Å². The van der Waals surface area contributed by atoms with Crippen LogP contribution in [0, 0.1) is 0 Å². The molecule has 1 saturated heterocycles. The van der Waals surface area contributed by atoms with Crippen LogP contribution in [0.2, 0.25) is 0 Å². The number of hydrogen-bond donors (Lipinski definition) is 1. The molecule has 19 heavy (non-hydrogen) atoms. The fraction of sp³-hybridized carbons (Fsp3) is 0.647. The van der Waals surface area contributed by atoms with Crippen LogP contribution in [-0.2, 0) is 4.74 Å². The molecule has 2 rings (SSSR count). The third kappa shape index (κ3) is 3.30. The Balaban J connectivity index is 2.23. The van der Waals surface area contributed by atoms with Crippen molar-refractivity contribution in [3.63, 3.8) is 0 Å². The summed E-state index contributed by atoms with van der Waals surface area (Å²) in [5, 5.41) is 3.68. The van der Waals surface area contributed by atoms with Crippen molar-refractivity contribution in [2.45, 2.75) is 65.0 Å². The highest BCUT2D eigenvalue weighted by Crippen LogP contribution is 2.30. The van der Waals surface area contributed by atoms with Gasteiger partial charge in [-0.15, -0.1) is 0 Å². The average molecular weight is 261 g/mol. The fourth-order valence-corrected chi connectivity index (χ4v) is 2.67. The lowest BCUT2D eigenvalue weighted by Gasteiger charge is -2.22. The van der Waals surface area contributed by atoms with Crippen LogP contribution in [0.1, 0.15) is 64.0 Å². The molecule has 1 aliphatic rings. The van der Waals surface area contributed by atoms with Crippen LogP contribution in [0.25, 0.3) is 0 Å². The van der Waals surface area contributed by atoms with Crippen LogP contribution >= 0.6 is 0 Å². The van der Waals surface area contributed by atoms with Gasteiger partial charge in [0, 0.05) is 12.3 Å². The maximum atomic E-state index is 5.64. The molecular formula is C17H27NO. The highest BCUT2D eigenvalue weighted by molar-refractivity contribution is 5.55. The molecule has 1 aliphatic heterocycles. The quantitative estimate of drug-likeness (QED) is 0.860. The third-order valence-corrected chi connectivity index (χ3v) is 4.08. The highest BCUT2D eigenvalue weighted by atomic mass is 16.5. The maximum absolute atomic E-state index is 5.64. The largest absolute Gasteiger partial charge is 0.379 e. The van der Waals surface area contributed by atoms with Crippen molar-refractivity contribution in [3.05, 3.63) is 29.3 Å². The molecule has 2 nitrogen and oxygen atoms in total. The van der Waals surface area contributed by atoms with E-state index in [1.54, 1.807) is 0 Å². The van der Waals surface area contributed by atoms with E-state index in [-0.39, 0.29) is 0 Å². The molecule has 1 aromatic rings. The van der Waals surface area contributed by atoms with E-state index >= 15 is 0 Å². The van der Waals surface area contributed by atoms with Crippen LogP contribution in [0.5, 0.6) is 0 Å². The van der Waals surface area contributed by atoms with Crippen molar-refractivity contribution in [3.8, 4) is 0 Å². The summed E-state index contributed by atoms with van der Waals surface area (Å²) in [6.07, 6.45) is 1.41. The molecule has 2 unspecified atom stereocenters. The molecule has 1 aromatic carbocycles. The fourth-order valence-electron chi connectivity index (χ4n) is 2.67. The number of benzene rings is 1. The van der Waals surface area contributed by atoms with Crippen LogP contribution in [0.15, 0.2) is 18.2 Å². The van der Waals surface area contributed by atoms with E-state index < -0.39 is 0 Å². The lowest BCUT2D eigenvalue weighted by molar-refractivity contribution is 0.121. The number of anilines is 1. The summed E-state index contributed by atoms with van der Waals surface area (Å²) in [5.74, 6) is 1.12. The van der Waals surface area contributed by atoms with Crippen molar-refractivity contribution >= 4 is 5.69 Å².